The van der Waals surface area contributed by atoms with Crippen LogP contribution in [0.5, 0.6) is 0 Å². The molecule has 0 bridgehead atoms. The molecule has 0 atom stereocenters. The first kappa shape index (κ1) is 16.1. The fraction of sp³-hybridized carbons (Fsp3) is 1.00. The van der Waals surface area contributed by atoms with Gasteiger partial charge in [-0.15, -0.1) is 6.61 Å². The van der Waals surface area contributed by atoms with E-state index in [-0.39, 0.29) is 61.0 Å². The summed E-state index contributed by atoms with van der Waals surface area (Å²) in [5.74, 6) is 0. The van der Waals surface area contributed by atoms with Crippen molar-refractivity contribution in [3.8, 4) is 0 Å². The van der Waals surface area contributed by atoms with Gasteiger partial charge in [-0.25, -0.2) is 0 Å². The van der Waals surface area contributed by atoms with Crippen LogP contribution >= 0.6 is 0 Å². The standard InChI is InChI=1S/C2H5O.Ba.H2O/c1-2-3;;/h2H2,1H3;;1H2/q-1;+2;/p-1. The van der Waals surface area contributed by atoms with Crippen LogP contribution in [0.25, 0.3) is 0 Å². The summed E-state index contributed by atoms with van der Waals surface area (Å²) in [5.41, 5.74) is 0. The van der Waals surface area contributed by atoms with E-state index in [9.17, 15) is 0 Å². The molecule has 0 radical (unpaired) electrons. The third-order valence-electron chi connectivity index (χ3n) is 0. The Bertz CT molecular complexity index is 7.61. The van der Waals surface area contributed by atoms with Crippen LogP contribution in [-0.4, -0.2) is 61.0 Å². The average molecular weight is 199 g/mol. The molecule has 0 aliphatic rings. The second kappa shape index (κ2) is 17.8. The van der Waals surface area contributed by atoms with Crippen molar-refractivity contribution in [1.82, 2.24) is 0 Å². The maximum absolute atomic E-state index is 8.93. The first-order chi connectivity index (χ1) is 1.41. The summed E-state index contributed by atoms with van der Waals surface area (Å²) in [6, 6.07) is 0. The molecule has 0 rings (SSSR count). The predicted molar refractivity (Wildman–Crippen MR) is 18.2 cm³/mol. The van der Waals surface area contributed by atoms with Gasteiger partial charge in [0.1, 0.15) is 0 Å². The normalized spacial score (nSPS) is 3.60. The van der Waals surface area contributed by atoms with Gasteiger partial charge in [-0.1, -0.05) is 6.92 Å². The van der Waals surface area contributed by atoms with Crippen molar-refractivity contribution >= 4 is 48.9 Å². The quantitative estimate of drug-likeness (QED) is 0.461. The Morgan fingerprint density at radius 1 is 1.60 bits per heavy atom. The molecule has 0 aromatic heterocycles. The summed E-state index contributed by atoms with van der Waals surface area (Å²) >= 11 is 0. The number of hydrogen-bond donors (Lipinski definition) is 0. The molecule has 0 aromatic rings. The van der Waals surface area contributed by atoms with Gasteiger partial charge in [-0.05, 0) is 0 Å². The molecule has 28 valence electrons. The van der Waals surface area contributed by atoms with E-state index < -0.39 is 0 Å². The Morgan fingerprint density at radius 3 is 1.60 bits per heavy atom. The van der Waals surface area contributed by atoms with Crippen LogP contribution in [0.2, 0.25) is 0 Å². The fourth-order valence-electron chi connectivity index (χ4n) is 0. The van der Waals surface area contributed by atoms with E-state index in [1.807, 2.05) is 0 Å². The molecular weight excluding hydrogens is 193 g/mol. The summed E-state index contributed by atoms with van der Waals surface area (Å²) in [4.78, 5) is 0. The van der Waals surface area contributed by atoms with Crippen LogP contribution in [0.3, 0.4) is 0 Å². The monoisotopic (exact) mass is 200 g/mol. The van der Waals surface area contributed by atoms with Crippen molar-refractivity contribution < 1.29 is 10.6 Å². The minimum Gasteiger partial charge on any atom is -0.870 e. The van der Waals surface area contributed by atoms with Gasteiger partial charge in [0.2, 0.25) is 0 Å². The third kappa shape index (κ3) is 30.1. The first-order valence-corrected chi connectivity index (χ1v) is 0.996. The number of hydrogen-bond acceptors (Lipinski definition) is 2. The number of rotatable bonds is 0. The maximum Gasteiger partial charge on any atom is 2.00 e. The Balaban J connectivity index is -0.0000000200. The molecule has 0 aliphatic heterocycles. The van der Waals surface area contributed by atoms with E-state index in [0.717, 1.165) is 0 Å². The Labute approximate surface area is 72.0 Å². The minimum atomic E-state index is 0. The van der Waals surface area contributed by atoms with Crippen molar-refractivity contribution in [1.29, 1.82) is 0 Å². The van der Waals surface area contributed by atoms with Crippen LogP contribution in [0.1, 0.15) is 6.92 Å². The largest absolute Gasteiger partial charge is 2.00 e. The summed E-state index contributed by atoms with van der Waals surface area (Å²) in [7, 11) is 0. The first-order valence-electron chi connectivity index (χ1n) is 0.996. The van der Waals surface area contributed by atoms with Gasteiger partial charge < -0.3 is 10.6 Å². The zero-order valence-electron chi connectivity index (χ0n) is 3.27. The van der Waals surface area contributed by atoms with Gasteiger partial charge in [-0.2, -0.15) is 0 Å². The van der Waals surface area contributed by atoms with E-state index in [2.05, 4.69) is 0 Å². The SMILES string of the molecule is CC[O-].[Ba+2].[OH-]. The van der Waals surface area contributed by atoms with Gasteiger partial charge in [0.15, 0.2) is 0 Å². The van der Waals surface area contributed by atoms with E-state index in [1.165, 1.54) is 0 Å². The Kier molecular flexibility index (Phi) is 57.3. The summed E-state index contributed by atoms with van der Waals surface area (Å²) in [5, 5.41) is 8.93. The zero-order valence-corrected chi connectivity index (χ0v) is 7.71. The Morgan fingerprint density at radius 2 is 1.60 bits per heavy atom. The van der Waals surface area contributed by atoms with Gasteiger partial charge >= 0.3 is 48.9 Å². The van der Waals surface area contributed by atoms with Gasteiger partial charge in [0.25, 0.3) is 0 Å². The molecule has 2 nitrogen and oxygen atoms in total. The van der Waals surface area contributed by atoms with Crippen LogP contribution in [0.4, 0.5) is 0 Å². The fourth-order valence-corrected chi connectivity index (χ4v) is 0. The summed E-state index contributed by atoms with van der Waals surface area (Å²) < 4.78 is 0. The van der Waals surface area contributed by atoms with Gasteiger partial charge in [0.05, 0.1) is 0 Å². The summed E-state index contributed by atoms with van der Waals surface area (Å²) in [6.45, 7) is 1.57. The van der Waals surface area contributed by atoms with Crippen molar-refractivity contribution in [2.45, 2.75) is 6.92 Å². The molecule has 0 aromatic carbocycles. The summed E-state index contributed by atoms with van der Waals surface area (Å²) in [6.07, 6.45) is 0. The zero-order chi connectivity index (χ0) is 2.71. The van der Waals surface area contributed by atoms with Crippen molar-refractivity contribution in [3.05, 3.63) is 0 Å². The molecule has 0 saturated carbocycles. The molecule has 0 aliphatic carbocycles. The molecule has 0 amide bonds. The van der Waals surface area contributed by atoms with Gasteiger partial charge in [-0.3, -0.25) is 0 Å². The van der Waals surface area contributed by atoms with E-state index in [4.69, 9.17) is 5.11 Å². The predicted octanol–water partition coefficient (Wildman–Crippen LogP) is -1.19. The van der Waals surface area contributed by atoms with E-state index in [1.54, 1.807) is 6.92 Å². The van der Waals surface area contributed by atoms with E-state index in [0.29, 0.717) is 0 Å². The smallest absolute Gasteiger partial charge is 0.870 e. The molecule has 0 spiro atoms. The van der Waals surface area contributed by atoms with Crippen LogP contribution in [0.15, 0.2) is 0 Å². The molecule has 0 saturated heterocycles. The molecular formula is C2H6BaO2. The molecule has 0 unspecified atom stereocenters. The topological polar surface area (TPSA) is 53.1 Å². The molecule has 0 fully saturated rings. The second-order valence-corrected chi connectivity index (χ2v) is 0.289. The average Bonchev–Trinajstić information content (AvgIpc) is 0.918. The maximum atomic E-state index is 8.93. The minimum absolute atomic E-state index is 0. The van der Waals surface area contributed by atoms with E-state index >= 15 is 0 Å². The van der Waals surface area contributed by atoms with Crippen molar-refractivity contribution in [2.24, 2.45) is 0 Å². The molecule has 1 N–H and O–H groups in total. The van der Waals surface area contributed by atoms with Crippen LogP contribution in [0, 0.1) is 0 Å². The Hall–Kier alpha value is 1.49. The molecule has 0 heterocycles. The van der Waals surface area contributed by atoms with Gasteiger partial charge in [0, 0.05) is 0 Å². The molecule has 3 heteroatoms. The van der Waals surface area contributed by atoms with Crippen molar-refractivity contribution in [2.75, 3.05) is 6.61 Å². The van der Waals surface area contributed by atoms with Crippen molar-refractivity contribution in [3.63, 3.8) is 0 Å². The second-order valence-electron chi connectivity index (χ2n) is 0.289. The van der Waals surface area contributed by atoms with Crippen LogP contribution in [-0.2, 0) is 0 Å². The third-order valence-corrected chi connectivity index (χ3v) is 0. The van der Waals surface area contributed by atoms with Crippen LogP contribution < -0.4 is 5.11 Å². The molecule has 5 heavy (non-hydrogen) atoms.